The molecule has 0 spiro atoms. The van der Waals surface area contributed by atoms with Crippen molar-refractivity contribution >= 4 is 34.7 Å². The number of amides is 1. The number of benzene rings is 2. The van der Waals surface area contributed by atoms with Gasteiger partial charge in [0.05, 0.1) is 17.1 Å². The van der Waals surface area contributed by atoms with Crippen LogP contribution in [-0.4, -0.2) is 25.0 Å². The molecular formula is C18H14ClF3N2O4. The van der Waals surface area contributed by atoms with Crippen LogP contribution in [0.25, 0.3) is 0 Å². The molecule has 0 aliphatic carbocycles. The molecule has 0 bridgehead atoms. The molecule has 3 rings (SSSR count). The highest BCUT2D eigenvalue weighted by atomic mass is 35.5. The summed E-state index contributed by atoms with van der Waals surface area (Å²) in [6, 6.07) is 6.09. The highest BCUT2D eigenvalue weighted by molar-refractivity contribution is 6.31. The molecule has 1 amide bonds. The van der Waals surface area contributed by atoms with Gasteiger partial charge in [-0.2, -0.15) is 13.2 Å². The van der Waals surface area contributed by atoms with E-state index in [0.717, 1.165) is 12.1 Å². The van der Waals surface area contributed by atoms with E-state index in [0.29, 0.717) is 22.7 Å². The number of nitrogens with one attached hydrogen (secondary N) is 2. The molecule has 28 heavy (non-hydrogen) atoms. The lowest BCUT2D eigenvalue weighted by atomic mass is 10.1. The lowest BCUT2D eigenvalue weighted by Gasteiger charge is -2.13. The van der Waals surface area contributed by atoms with Crippen molar-refractivity contribution in [3.8, 4) is 11.5 Å². The number of alkyl halides is 3. The minimum absolute atomic E-state index is 0.0225. The fraction of sp³-hybridized carbons (Fsp3) is 0.222. The van der Waals surface area contributed by atoms with Crippen molar-refractivity contribution in [1.82, 2.24) is 0 Å². The number of carbonyl (C=O) groups is 2. The molecule has 1 aliphatic heterocycles. The first kappa shape index (κ1) is 19.8. The summed E-state index contributed by atoms with van der Waals surface area (Å²) in [5, 5.41) is 4.67. The smallest absolute Gasteiger partial charge is 0.417 e. The molecule has 0 saturated heterocycles. The predicted molar refractivity (Wildman–Crippen MR) is 96.1 cm³/mol. The Labute approximate surface area is 162 Å². The number of rotatable bonds is 5. The molecule has 0 fully saturated rings. The van der Waals surface area contributed by atoms with E-state index in [4.69, 9.17) is 21.1 Å². The topological polar surface area (TPSA) is 76.7 Å². The van der Waals surface area contributed by atoms with E-state index >= 15 is 0 Å². The molecule has 0 radical (unpaired) electrons. The lowest BCUT2D eigenvalue weighted by Crippen LogP contribution is -2.22. The SMILES string of the molecule is CC(=O)c1cc2c(cc1NCC(=O)Nc1ccc(Cl)c(C(F)(F)F)c1)OCO2. The van der Waals surface area contributed by atoms with Gasteiger partial charge in [-0.25, -0.2) is 0 Å². The average Bonchev–Trinajstić information content (AvgIpc) is 3.07. The Morgan fingerprint density at radius 3 is 2.46 bits per heavy atom. The maximum Gasteiger partial charge on any atom is 0.417 e. The summed E-state index contributed by atoms with van der Waals surface area (Å²) in [7, 11) is 0. The molecule has 2 aromatic rings. The van der Waals surface area contributed by atoms with Crippen LogP contribution >= 0.6 is 11.6 Å². The van der Waals surface area contributed by atoms with E-state index in [1.807, 2.05) is 0 Å². The van der Waals surface area contributed by atoms with Gasteiger partial charge in [0.2, 0.25) is 12.7 Å². The van der Waals surface area contributed by atoms with Crippen LogP contribution in [-0.2, 0) is 11.0 Å². The number of hydrogen-bond donors (Lipinski definition) is 2. The van der Waals surface area contributed by atoms with Crippen molar-refractivity contribution in [3.63, 3.8) is 0 Å². The Morgan fingerprint density at radius 2 is 1.82 bits per heavy atom. The Hall–Kier alpha value is -2.94. The summed E-state index contributed by atoms with van der Waals surface area (Å²) in [6.07, 6.45) is -4.64. The third-order valence-corrected chi connectivity index (χ3v) is 4.22. The molecule has 2 aromatic carbocycles. The summed E-state index contributed by atoms with van der Waals surface area (Å²) in [5.41, 5.74) is -0.461. The molecule has 1 aliphatic rings. The Morgan fingerprint density at radius 1 is 1.14 bits per heavy atom. The van der Waals surface area contributed by atoms with Gasteiger partial charge >= 0.3 is 6.18 Å². The molecule has 2 N–H and O–H groups in total. The normalized spacial score (nSPS) is 12.6. The van der Waals surface area contributed by atoms with Crippen LogP contribution in [0.2, 0.25) is 5.02 Å². The van der Waals surface area contributed by atoms with Crippen LogP contribution < -0.4 is 20.1 Å². The van der Waals surface area contributed by atoms with Gasteiger partial charge < -0.3 is 20.1 Å². The monoisotopic (exact) mass is 414 g/mol. The second-order valence-corrected chi connectivity index (χ2v) is 6.31. The van der Waals surface area contributed by atoms with Crippen LogP contribution in [0, 0.1) is 0 Å². The summed E-state index contributed by atoms with van der Waals surface area (Å²) in [4.78, 5) is 23.9. The van der Waals surface area contributed by atoms with E-state index < -0.39 is 22.7 Å². The van der Waals surface area contributed by atoms with Gasteiger partial charge in [0.1, 0.15) is 0 Å². The average molecular weight is 415 g/mol. The number of halogens is 4. The maximum atomic E-state index is 12.9. The van der Waals surface area contributed by atoms with Crippen LogP contribution in [0.3, 0.4) is 0 Å². The zero-order chi connectivity index (χ0) is 20.5. The molecule has 1 heterocycles. The van der Waals surface area contributed by atoms with E-state index in [1.165, 1.54) is 25.1 Å². The lowest BCUT2D eigenvalue weighted by molar-refractivity contribution is -0.137. The van der Waals surface area contributed by atoms with Gasteiger partial charge in [0, 0.05) is 23.0 Å². The first-order valence-corrected chi connectivity index (χ1v) is 8.38. The summed E-state index contributed by atoms with van der Waals surface area (Å²) >= 11 is 5.55. The quantitative estimate of drug-likeness (QED) is 0.712. The minimum Gasteiger partial charge on any atom is -0.454 e. The summed E-state index contributed by atoms with van der Waals surface area (Å²) < 4.78 is 49.2. The molecular weight excluding hydrogens is 401 g/mol. The number of carbonyl (C=O) groups excluding carboxylic acids is 2. The van der Waals surface area contributed by atoms with Gasteiger partial charge in [-0.05, 0) is 31.2 Å². The minimum atomic E-state index is -4.64. The van der Waals surface area contributed by atoms with Crippen molar-refractivity contribution in [2.45, 2.75) is 13.1 Å². The number of hydrogen-bond acceptors (Lipinski definition) is 5. The van der Waals surface area contributed by atoms with E-state index in [9.17, 15) is 22.8 Å². The number of fused-ring (bicyclic) bond motifs is 1. The first-order valence-electron chi connectivity index (χ1n) is 8.00. The van der Waals surface area contributed by atoms with Crippen LogP contribution in [0.1, 0.15) is 22.8 Å². The van der Waals surface area contributed by atoms with Crippen molar-refractivity contribution in [1.29, 1.82) is 0 Å². The summed E-state index contributed by atoms with van der Waals surface area (Å²) in [5.74, 6) is -0.0298. The standard InChI is InChI=1S/C18H14ClF3N2O4/c1-9(25)11-5-15-16(28-8-27-15)6-14(11)23-7-17(26)24-10-2-3-13(19)12(4-10)18(20,21)22/h2-6,23H,7-8H2,1H3,(H,24,26). The summed E-state index contributed by atoms with van der Waals surface area (Å²) in [6.45, 7) is 1.09. The number of ether oxygens (including phenoxy) is 2. The van der Waals surface area contributed by atoms with Gasteiger partial charge in [-0.1, -0.05) is 11.6 Å². The van der Waals surface area contributed by atoms with E-state index in [1.54, 1.807) is 0 Å². The highest BCUT2D eigenvalue weighted by Crippen LogP contribution is 2.38. The first-order chi connectivity index (χ1) is 13.1. The molecule has 6 nitrogen and oxygen atoms in total. The van der Waals surface area contributed by atoms with Gasteiger partial charge in [0.15, 0.2) is 17.3 Å². The van der Waals surface area contributed by atoms with Crippen molar-refractivity contribution < 1.29 is 32.2 Å². The number of Topliss-reactive ketones (excluding diaryl/α,β-unsaturated/α-hetero) is 1. The van der Waals surface area contributed by atoms with E-state index in [2.05, 4.69) is 10.6 Å². The largest absolute Gasteiger partial charge is 0.454 e. The van der Waals surface area contributed by atoms with Crippen molar-refractivity contribution in [2.75, 3.05) is 24.0 Å². The molecule has 0 unspecified atom stereocenters. The van der Waals surface area contributed by atoms with Crippen LogP contribution in [0.4, 0.5) is 24.5 Å². The van der Waals surface area contributed by atoms with Crippen molar-refractivity contribution in [3.05, 3.63) is 46.5 Å². The van der Waals surface area contributed by atoms with Crippen LogP contribution in [0.15, 0.2) is 30.3 Å². The fourth-order valence-corrected chi connectivity index (χ4v) is 2.81. The Balaban J connectivity index is 1.71. The van der Waals surface area contributed by atoms with Gasteiger partial charge in [0.25, 0.3) is 0 Å². The number of anilines is 2. The van der Waals surface area contributed by atoms with Gasteiger partial charge in [-0.15, -0.1) is 0 Å². The third-order valence-electron chi connectivity index (χ3n) is 3.89. The van der Waals surface area contributed by atoms with Crippen LogP contribution in [0.5, 0.6) is 11.5 Å². The van der Waals surface area contributed by atoms with Gasteiger partial charge in [-0.3, -0.25) is 9.59 Å². The third kappa shape index (κ3) is 4.30. The molecule has 10 heteroatoms. The molecule has 0 aromatic heterocycles. The fourth-order valence-electron chi connectivity index (χ4n) is 2.58. The zero-order valence-electron chi connectivity index (χ0n) is 14.4. The molecule has 0 atom stereocenters. The highest BCUT2D eigenvalue weighted by Gasteiger charge is 2.33. The second kappa shape index (κ2) is 7.59. The second-order valence-electron chi connectivity index (χ2n) is 5.90. The maximum absolute atomic E-state index is 12.9. The van der Waals surface area contributed by atoms with E-state index in [-0.39, 0.29) is 24.8 Å². The predicted octanol–water partition coefficient (Wildman–Crippen LogP) is 4.34. The van der Waals surface area contributed by atoms with Crippen molar-refractivity contribution in [2.24, 2.45) is 0 Å². The Kier molecular flexibility index (Phi) is 5.37. The zero-order valence-corrected chi connectivity index (χ0v) is 15.2. The molecule has 148 valence electrons. The molecule has 0 saturated carbocycles. The Bertz CT molecular complexity index is 947. The number of ketones is 1.